The number of allylic oxidation sites excluding steroid dienone is 2. The van der Waals surface area contributed by atoms with Gasteiger partial charge in [0.2, 0.25) is 0 Å². The van der Waals surface area contributed by atoms with E-state index in [1.165, 1.54) is 21.1 Å². The Morgan fingerprint density at radius 3 is 2.46 bits per heavy atom. The number of fused-ring (bicyclic) bond motifs is 2. The average molecular weight is 398 g/mol. The predicted octanol–water partition coefficient (Wildman–Crippen LogP) is 2.72. The first-order valence-corrected chi connectivity index (χ1v) is 9.87. The maximum absolute atomic E-state index is 12.8. The lowest BCUT2D eigenvalue weighted by molar-refractivity contribution is -0.132. The van der Waals surface area contributed by atoms with Crippen molar-refractivity contribution in [2.75, 3.05) is 32.1 Å². The van der Waals surface area contributed by atoms with E-state index in [4.69, 9.17) is 17.0 Å². The second-order valence-electron chi connectivity index (χ2n) is 7.34. The lowest BCUT2D eigenvalue weighted by Gasteiger charge is -2.34. The van der Waals surface area contributed by atoms with Crippen molar-refractivity contribution < 1.29 is 14.3 Å². The molecule has 1 aromatic rings. The molecule has 0 saturated carbocycles. The third kappa shape index (κ3) is 2.73. The van der Waals surface area contributed by atoms with Gasteiger partial charge in [0.25, 0.3) is 11.8 Å². The number of carbonyl (C=O) groups is 2. The molecule has 1 fully saturated rings. The molecule has 0 radical (unpaired) electrons. The summed E-state index contributed by atoms with van der Waals surface area (Å²) in [4.78, 5) is 30.4. The number of rotatable bonds is 1. The molecule has 7 heteroatoms. The summed E-state index contributed by atoms with van der Waals surface area (Å²) in [6.07, 6.45) is 3.96. The van der Waals surface area contributed by atoms with Crippen LogP contribution in [0.2, 0.25) is 0 Å². The van der Waals surface area contributed by atoms with Crippen LogP contribution in [0.3, 0.4) is 0 Å². The molecule has 146 valence electrons. The van der Waals surface area contributed by atoms with Crippen LogP contribution in [0.25, 0.3) is 5.57 Å². The minimum Gasteiger partial charge on any atom is -0.456 e. The SMILES string of the molecule is CCN1CCCc2cc3c(cc21)OC(=C1C(=O)N(C)C(=S)N(C)C1=O)C=C3C. The fourth-order valence-electron chi connectivity index (χ4n) is 3.99. The van der Waals surface area contributed by atoms with E-state index in [2.05, 4.69) is 17.9 Å². The minimum absolute atomic E-state index is 0.00803. The summed E-state index contributed by atoms with van der Waals surface area (Å²) in [6.45, 7) is 6.07. The second-order valence-corrected chi connectivity index (χ2v) is 7.71. The van der Waals surface area contributed by atoms with E-state index in [-0.39, 0.29) is 16.4 Å². The van der Waals surface area contributed by atoms with E-state index < -0.39 is 11.8 Å². The molecule has 0 unspecified atom stereocenters. The van der Waals surface area contributed by atoms with Gasteiger partial charge >= 0.3 is 0 Å². The first-order valence-electron chi connectivity index (χ1n) is 9.46. The van der Waals surface area contributed by atoms with Gasteiger partial charge in [0.1, 0.15) is 17.1 Å². The third-order valence-electron chi connectivity index (χ3n) is 5.63. The fraction of sp³-hybridized carbons (Fsp3) is 0.381. The van der Waals surface area contributed by atoms with Gasteiger partial charge in [-0.15, -0.1) is 0 Å². The van der Waals surface area contributed by atoms with Gasteiger partial charge in [0.05, 0.1) is 0 Å². The summed E-state index contributed by atoms with van der Waals surface area (Å²) in [5.41, 5.74) is 4.47. The molecule has 2 amide bonds. The van der Waals surface area contributed by atoms with Crippen molar-refractivity contribution in [1.82, 2.24) is 9.80 Å². The van der Waals surface area contributed by atoms with Crippen molar-refractivity contribution in [3.63, 3.8) is 0 Å². The van der Waals surface area contributed by atoms with E-state index in [9.17, 15) is 9.59 Å². The van der Waals surface area contributed by atoms with Crippen LogP contribution in [-0.4, -0.2) is 53.9 Å². The monoisotopic (exact) mass is 397 g/mol. The van der Waals surface area contributed by atoms with Gasteiger partial charge in [0, 0.05) is 44.5 Å². The van der Waals surface area contributed by atoms with Gasteiger partial charge < -0.3 is 9.64 Å². The van der Waals surface area contributed by atoms with Crippen LogP contribution in [0, 0.1) is 0 Å². The lowest BCUT2D eigenvalue weighted by atomic mass is 9.93. The van der Waals surface area contributed by atoms with Crippen LogP contribution in [0.4, 0.5) is 5.69 Å². The van der Waals surface area contributed by atoms with E-state index in [1.807, 2.05) is 13.0 Å². The first-order chi connectivity index (χ1) is 13.3. The molecular formula is C21H23N3O3S. The van der Waals surface area contributed by atoms with Crippen LogP contribution in [0.5, 0.6) is 5.75 Å². The Morgan fingerprint density at radius 1 is 1.14 bits per heavy atom. The van der Waals surface area contributed by atoms with Gasteiger partial charge in [-0.25, -0.2) is 0 Å². The number of amides is 2. The van der Waals surface area contributed by atoms with Crippen molar-refractivity contribution >= 4 is 40.4 Å². The molecule has 1 aromatic carbocycles. The normalized spacial score (nSPS) is 19.5. The zero-order chi connectivity index (χ0) is 20.2. The van der Waals surface area contributed by atoms with Crippen molar-refractivity contribution in [2.24, 2.45) is 0 Å². The molecule has 0 N–H and O–H groups in total. The number of likely N-dealkylation sites (N-methyl/N-ethyl adjacent to an activating group) is 2. The van der Waals surface area contributed by atoms with Crippen molar-refractivity contribution in [3.05, 3.63) is 40.7 Å². The maximum atomic E-state index is 12.8. The number of hydrogen-bond acceptors (Lipinski definition) is 5. The van der Waals surface area contributed by atoms with Gasteiger partial charge in [-0.1, -0.05) is 0 Å². The number of nitrogens with zero attached hydrogens (tertiary/aromatic N) is 3. The average Bonchev–Trinajstić information content (AvgIpc) is 2.69. The minimum atomic E-state index is -0.441. The van der Waals surface area contributed by atoms with Crippen LogP contribution >= 0.6 is 12.2 Å². The molecule has 3 heterocycles. The van der Waals surface area contributed by atoms with E-state index >= 15 is 0 Å². The highest BCUT2D eigenvalue weighted by Gasteiger charge is 2.39. The third-order valence-corrected chi connectivity index (χ3v) is 6.17. The number of benzene rings is 1. The Labute approximate surface area is 170 Å². The highest BCUT2D eigenvalue weighted by Crippen LogP contribution is 2.41. The summed E-state index contributed by atoms with van der Waals surface area (Å²) in [5.74, 6) is 0.0770. The number of hydrogen-bond donors (Lipinski definition) is 0. The largest absolute Gasteiger partial charge is 0.456 e. The number of anilines is 1. The Morgan fingerprint density at radius 2 is 1.82 bits per heavy atom. The maximum Gasteiger partial charge on any atom is 0.269 e. The molecule has 0 aromatic heterocycles. The molecule has 3 aliphatic heterocycles. The quantitative estimate of drug-likeness (QED) is 0.414. The fourth-order valence-corrected chi connectivity index (χ4v) is 4.16. The molecule has 0 bridgehead atoms. The highest BCUT2D eigenvalue weighted by molar-refractivity contribution is 7.80. The summed E-state index contributed by atoms with van der Waals surface area (Å²) < 4.78 is 6.11. The molecule has 4 rings (SSSR count). The Hall–Kier alpha value is -2.67. The smallest absolute Gasteiger partial charge is 0.269 e. The Kier molecular flexibility index (Phi) is 4.50. The van der Waals surface area contributed by atoms with Crippen LogP contribution < -0.4 is 9.64 Å². The molecular weight excluding hydrogens is 374 g/mol. The van der Waals surface area contributed by atoms with Gasteiger partial charge in [0.15, 0.2) is 5.11 Å². The van der Waals surface area contributed by atoms with Crippen LogP contribution in [0.1, 0.15) is 31.4 Å². The molecule has 0 atom stereocenters. The van der Waals surface area contributed by atoms with Crippen molar-refractivity contribution in [3.8, 4) is 5.75 Å². The number of carbonyl (C=O) groups excluding carboxylic acids is 2. The summed E-state index contributed by atoms with van der Waals surface area (Å²) in [5, 5.41) is 0.184. The van der Waals surface area contributed by atoms with E-state index in [0.717, 1.165) is 37.1 Å². The Bertz CT molecular complexity index is 953. The van der Waals surface area contributed by atoms with Gasteiger partial charge in [-0.05, 0) is 62.2 Å². The highest BCUT2D eigenvalue weighted by atomic mass is 32.1. The molecule has 0 aliphatic carbocycles. The Balaban J connectivity index is 1.83. The number of aryl methyl sites for hydroxylation is 1. The van der Waals surface area contributed by atoms with Crippen LogP contribution in [0.15, 0.2) is 29.5 Å². The number of thiocarbonyl (C=S) groups is 1. The molecule has 1 saturated heterocycles. The standard InChI is InChI=1S/C21H23N3O3S/c1-5-24-8-6-7-13-10-14-12(2)9-17(27-16(14)11-15(13)24)18-19(25)22(3)21(28)23(4)20(18)26/h9-11H,5-8H2,1-4H3. The van der Waals surface area contributed by atoms with Crippen molar-refractivity contribution in [1.29, 1.82) is 0 Å². The summed E-state index contributed by atoms with van der Waals surface area (Å²) in [6, 6.07) is 4.22. The first kappa shape index (κ1) is 18.7. The van der Waals surface area contributed by atoms with E-state index in [1.54, 1.807) is 20.2 Å². The number of ether oxygens (including phenoxy) is 1. The van der Waals surface area contributed by atoms with Gasteiger partial charge in [-0.3, -0.25) is 19.4 Å². The lowest BCUT2D eigenvalue weighted by Crippen LogP contribution is -2.53. The second kappa shape index (κ2) is 6.74. The van der Waals surface area contributed by atoms with E-state index in [0.29, 0.717) is 5.75 Å². The zero-order valence-corrected chi connectivity index (χ0v) is 17.4. The molecule has 28 heavy (non-hydrogen) atoms. The predicted molar refractivity (Wildman–Crippen MR) is 112 cm³/mol. The van der Waals surface area contributed by atoms with Gasteiger partial charge in [-0.2, -0.15) is 0 Å². The molecule has 6 nitrogen and oxygen atoms in total. The zero-order valence-electron chi connectivity index (χ0n) is 16.5. The summed E-state index contributed by atoms with van der Waals surface area (Å²) >= 11 is 5.16. The molecule has 3 aliphatic rings. The van der Waals surface area contributed by atoms with Crippen LogP contribution in [-0.2, 0) is 16.0 Å². The topological polar surface area (TPSA) is 53.1 Å². The summed E-state index contributed by atoms with van der Waals surface area (Å²) in [7, 11) is 3.13. The van der Waals surface area contributed by atoms with Crippen molar-refractivity contribution in [2.45, 2.75) is 26.7 Å². The molecule has 0 spiro atoms.